The number of nitrogens with one attached hydrogen (secondary N) is 1. The van der Waals surface area contributed by atoms with E-state index in [1.54, 1.807) is 6.08 Å². The Balaban J connectivity index is 2.16. The molecular formula is C17H17NO2. The minimum atomic E-state index is -0.248. The van der Waals surface area contributed by atoms with E-state index in [-0.39, 0.29) is 5.91 Å². The van der Waals surface area contributed by atoms with E-state index < -0.39 is 0 Å². The molecule has 0 aliphatic rings. The van der Waals surface area contributed by atoms with Gasteiger partial charge in [-0.15, -0.1) is 0 Å². The van der Waals surface area contributed by atoms with Crippen LogP contribution in [0.3, 0.4) is 0 Å². The fourth-order valence-electron chi connectivity index (χ4n) is 1.74. The molecule has 102 valence electrons. The zero-order chi connectivity index (χ0) is 14.2. The van der Waals surface area contributed by atoms with Gasteiger partial charge in [0.05, 0.1) is 6.61 Å². The Morgan fingerprint density at radius 1 is 1.05 bits per heavy atom. The van der Waals surface area contributed by atoms with Crippen molar-refractivity contribution >= 4 is 17.7 Å². The fourth-order valence-corrected chi connectivity index (χ4v) is 1.74. The van der Waals surface area contributed by atoms with Crippen molar-refractivity contribution in [3.8, 4) is 0 Å². The van der Waals surface area contributed by atoms with Crippen LogP contribution in [0.1, 0.15) is 12.5 Å². The third-order valence-corrected chi connectivity index (χ3v) is 2.65. The molecule has 0 unspecified atom stereocenters. The van der Waals surface area contributed by atoms with Gasteiger partial charge in [0.2, 0.25) is 0 Å². The predicted molar refractivity (Wildman–Crippen MR) is 81.1 cm³/mol. The van der Waals surface area contributed by atoms with Crippen LogP contribution >= 0.6 is 0 Å². The molecular weight excluding hydrogens is 250 g/mol. The first-order valence-electron chi connectivity index (χ1n) is 6.55. The van der Waals surface area contributed by atoms with Gasteiger partial charge in [-0.1, -0.05) is 48.5 Å². The molecule has 0 aromatic heterocycles. The van der Waals surface area contributed by atoms with Crippen LogP contribution in [-0.4, -0.2) is 12.5 Å². The molecule has 1 N–H and O–H groups in total. The highest BCUT2D eigenvalue weighted by atomic mass is 16.5. The first kappa shape index (κ1) is 13.9. The molecule has 3 heteroatoms. The van der Waals surface area contributed by atoms with Crippen LogP contribution in [0.2, 0.25) is 0 Å². The van der Waals surface area contributed by atoms with Gasteiger partial charge in [-0.05, 0) is 30.7 Å². The molecule has 0 radical (unpaired) electrons. The number of benzene rings is 2. The van der Waals surface area contributed by atoms with Crippen molar-refractivity contribution in [2.45, 2.75) is 6.92 Å². The monoisotopic (exact) mass is 267 g/mol. The lowest BCUT2D eigenvalue weighted by Gasteiger charge is -2.09. The molecule has 0 atom stereocenters. The number of carbonyl (C=O) groups excluding carboxylic acids is 1. The third kappa shape index (κ3) is 3.99. The first-order chi connectivity index (χ1) is 9.79. The van der Waals surface area contributed by atoms with Crippen molar-refractivity contribution in [1.29, 1.82) is 0 Å². The summed E-state index contributed by atoms with van der Waals surface area (Å²) in [5.41, 5.74) is 1.68. The molecule has 0 spiro atoms. The van der Waals surface area contributed by atoms with Crippen LogP contribution in [-0.2, 0) is 9.53 Å². The van der Waals surface area contributed by atoms with E-state index in [4.69, 9.17) is 4.74 Å². The molecule has 0 saturated carbocycles. The maximum Gasteiger partial charge on any atom is 0.290 e. The Morgan fingerprint density at radius 3 is 2.25 bits per heavy atom. The zero-order valence-electron chi connectivity index (χ0n) is 11.4. The molecule has 3 nitrogen and oxygen atoms in total. The highest BCUT2D eigenvalue weighted by Crippen LogP contribution is 2.12. The number of hydrogen-bond donors (Lipinski definition) is 1. The van der Waals surface area contributed by atoms with E-state index in [1.165, 1.54) is 0 Å². The Labute approximate surface area is 118 Å². The van der Waals surface area contributed by atoms with Gasteiger partial charge in [0, 0.05) is 5.69 Å². The summed E-state index contributed by atoms with van der Waals surface area (Å²) in [4.78, 5) is 12.2. The largest absolute Gasteiger partial charge is 0.488 e. The van der Waals surface area contributed by atoms with E-state index in [1.807, 2.05) is 67.6 Å². The zero-order valence-corrected chi connectivity index (χ0v) is 11.4. The topological polar surface area (TPSA) is 38.3 Å². The Bertz CT molecular complexity index is 576. The molecule has 2 aromatic carbocycles. The fraction of sp³-hybridized carbons (Fsp3) is 0.118. The maximum absolute atomic E-state index is 12.2. The van der Waals surface area contributed by atoms with E-state index in [2.05, 4.69) is 5.32 Å². The van der Waals surface area contributed by atoms with E-state index in [0.717, 1.165) is 11.3 Å². The average molecular weight is 267 g/mol. The summed E-state index contributed by atoms with van der Waals surface area (Å²) in [5, 5.41) is 2.81. The smallest absolute Gasteiger partial charge is 0.290 e. The normalized spacial score (nSPS) is 10.9. The van der Waals surface area contributed by atoms with E-state index in [0.29, 0.717) is 12.4 Å². The van der Waals surface area contributed by atoms with Crippen LogP contribution < -0.4 is 5.32 Å². The second-order valence-corrected chi connectivity index (χ2v) is 4.17. The number of anilines is 1. The number of ether oxygens (including phenoxy) is 1. The number of hydrogen-bond acceptors (Lipinski definition) is 2. The van der Waals surface area contributed by atoms with Crippen molar-refractivity contribution in [3.05, 3.63) is 72.0 Å². The molecule has 1 amide bonds. The summed E-state index contributed by atoms with van der Waals surface area (Å²) in [6.07, 6.45) is 1.74. The minimum Gasteiger partial charge on any atom is -0.488 e. The second-order valence-electron chi connectivity index (χ2n) is 4.17. The second kappa shape index (κ2) is 7.14. The van der Waals surface area contributed by atoms with Crippen molar-refractivity contribution < 1.29 is 9.53 Å². The Kier molecular flexibility index (Phi) is 4.95. The van der Waals surface area contributed by atoms with Crippen molar-refractivity contribution in [2.75, 3.05) is 11.9 Å². The SMILES string of the molecule is CCOC(=Cc1ccccc1)C(=O)Nc1ccccc1. The summed E-state index contributed by atoms with van der Waals surface area (Å²) in [6, 6.07) is 18.9. The van der Waals surface area contributed by atoms with Gasteiger partial charge in [-0.25, -0.2) is 0 Å². The molecule has 0 bridgehead atoms. The summed E-state index contributed by atoms with van der Waals surface area (Å²) >= 11 is 0. The Morgan fingerprint density at radius 2 is 1.65 bits per heavy atom. The average Bonchev–Trinajstić information content (AvgIpc) is 2.49. The molecule has 20 heavy (non-hydrogen) atoms. The summed E-state index contributed by atoms with van der Waals surface area (Å²) in [7, 11) is 0. The van der Waals surface area contributed by atoms with E-state index in [9.17, 15) is 4.79 Å². The quantitative estimate of drug-likeness (QED) is 0.662. The molecule has 2 rings (SSSR count). The minimum absolute atomic E-state index is 0.248. The summed E-state index contributed by atoms with van der Waals surface area (Å²) < 4.78 is 5.43. The third-order valence-electron chi connectivity index (χ3n) is 2.65. The van der Waals surface area contributed by atoms with Gasteiger partial charge in [-0.2, -0.15) is 0 Å². The molecule has 0 saturated heterocycles. The van der Waals surface area contributed by atoms with E-state index >= 15 is 0 Å². The lowest BCUT2D eigenvalue weighted by Crippen LogP contribution is -2.16. The molecule has 0 aliphatic heterocycles. The molecule has 0 heterocycles. The van der Waals surface area contributed by atoms with Crippen LogP contribution in [0, 0.1) is 0 Å². The number of amides is 1. The number of carbonyl (C=O) groups is 1. The molecule has 2 aromatic rings. The Hall–Kier alpha value is -2.55. The summed E-state index contributed by atoms with van der Waals surface area (Å²) in [6.45, 7) is 2.30. The number of para-hydroxylation sites is 1. The van der Waals surface area contributed by atoms with Gasteiger partial charge in [0.1, 0.15) is 0 Å². The summed E-state index contributed by atoms with van der Waals surface area (Å²) in [5.74, 6) is 0.0597. The molecule has 0 aliphatic carbocycles. The standard InChI is InChI=1S/C17H17NO2/c1-2-20-16(13-14-9-5-3-6-10-14)17(19)18-15-11-7-4-8-12-15/h3-13H,2H2,1H3,(H,18,19). The van der Waals surface area contributed by atoms with Gasteiger partial charge < -0.3 is 10.1 Å². The lowest BCUT2D eigenvalue weighted by molar-refractivity contribution is -0.115. The van der Waals surface area contributed by atoms with Gasteiger partial charge >= 0.3 is 0 Å². The van der Waals surface area contributed by atoms with Crippen LogP contribution in [0.5, 0.6) is 0 Å². The highest BCUT2D eigenvalue weighted by molar-refractivity contribution is 6.05. The maximum atomic E-state index is 12.2. The van der Waals surface area contributed by atoms with Crippen LogP contribution in [0.25, 0.3) is 6.08 Å². The predicted octanol–water partition coefficient (Wildman–Crippen LogP) is 3.70. The van der Waals surface area contributed by atoms with Crippen LogP contribution in [0.4, 0.5) is 5.69 Å². The van der Waals surface area contributed by atoms with Gasteiger partial charge in [0.25, 0.3) is 5.91 Å². The number of rotatable bonds is 5. The molecule has 0 fully saturated rings. The lowest BCUT2D eigenvalue weighted by atomic mass is 10.2. The van der Waals surface area contributed by atoms with Crippen molar-refractivity contribution in [3.63, 3.8) is 0 Å². The van der Waals surface area contributed by atoms with Gasteiger partial charge in [0.15, 0.2) is 5.76 Å². The van der Waals surface area contributed by atoms with Gasteiger partial charge in [-0.3, -0.25) is 4.79 Å². The van der Waals surface area contributed by atoms with Crippen LogP contribution in [0.15, 0.2) is 66.4 Å². The first-order valence-corrected chi connectivity index (χ1v) is 6.55. The van der Waals surface area contributed by atoms with Crippen molar-refractivity contribution in [1.82, 2.24) is 0 Å². The van der Waals surface area contributed by atoms with Crippen molar-refractivity contribution in [2.24, 2.45) is 0 Å². The highest BCUT2D eigenvalue weighted by Gasteiger charge is 2.10.